The molecule has 4 heteroatoms. The highest BCUT2D eigenvalue weighted by Gasteiger charge is 2.10. The maximum absolute atomic E-state index is 4.27. The van der Waals surface area contributed by atoms with Crippen molar-refractivity contribution in [2.45, 2.75) is 6.42 Å². The van der Waals surface area contributed by atoms with Crippen LogP contribution < -0.4 is 5.32 Å². The van der Waals surface area contributed by atoms with Crippen LogP contribution in [0.15, 0.2) is 24.4 Å². The molecule has 2 aromatic rings. The Morgan fingerprint density at radius 3 is 3.06 bits per heavy atom. The van der Waals surface area contributed by atoms with Crippen molar-refractivity contribution in [3.05, 3.63) is 30.0 Å². The molecule has 1 aliphatic rings. The lowest BCUT2D eigenvalue weighted by atomic mass is 10.1. The van der Waals surface area contributed by atoms with Gasteiger partial charge in [-0.1, -0.05) is 18.2 Å². The van der Waals surface area contributed by atoms with Crippen LogP contribution in [-0.4, -0.2) is 42.0 Å². The Hall–Kier alpha value is -0.970. The standard InChI is InChI=1S/C13H17N3S/c1-2-11(13-12(3-1)10-15-17-13)4-7-16-8-5-14-6-9-16/h1-3,10,14H,4-9H2. The van der Waals surface area contributed by atoms with Crippen LogP contribution >= 0.6 is 11.5 Å². The van der Waals surface area contributed by atoms with Gasteiger partial charge in [-0.15, -0.1) is 0 Å². The fourth-order valence-corrected chi connectivity index (χ4v) is 3.15. The zero-order valence-electron chi connectivity index (χ0n) is 9.85. The Balaban J connectivity index is 1.69. The SMILES string of the molecule is c1cc(CCN2CCNCC2)c2sncc2c1. The summed E-state index contributed by atoms with van der Waals surface area (Å²) in [4.78, 5) is 2.54. The Bertz CT molecular complexity index is 488. The molecule has 3 rings (SSSR count). The minimum atomic E-state index is 1.13. The first-order chi connectivity index (χ1) is 8.43. The summed E-state index contributed by atoms with van der Waals surface area (Å²) in [7, 11) is 0. The average molecular weight is 247 g/mol. The number of hydrogen-bond acceptors (Lipinski definition) is 4. The maximum atomic E-state index is 4.27. The van der Waals surface area contributed by atoms with Gasteiger partial charge in [0.2, 0.25) is 0 Å². The molecule has 2 heterocycles. The van der Waals surface area contributed by atoms with Crippen molar-refractivity contribution in [3.63, 3.8) is 0 Å². The number of aromatic nitrogens is 1. The van der Waals surface area contributed by atoms with E-state index in [0.717, 1.165) is 19.5 Å². The van der Waals surface area contributed by atoms with Crippen molar-refractivity contribution in [3.8, 4) is 0 Å². The lowest BCUT2D eigenvalue weighted by Gasteiger charge is -2.27. The summed E-state index contributed by atoms with van der Waals surface area (Å²) < 4.78 is 5.64. The van der Waals surface area contributed by atoms with Crippen LogP contribution in [0.25, 0.3) is 10.1 Å². The third-order valence-electron chi connectivity index (χ3n) is 3.37. The fourth-order valence-electron chi connectivity index (χ4n) is 2.36. The van der Waals surface area contributed by atoms with Gasteiger partial charge in [0.05, 0.1) is 4.70 Å². The van der Waals surface area contributed by atoms with E-state index in [9.17, 15) is 0 Å². The lowest BCUT2D eigenvalue weighted by molar-refractivity contribution is 0.244. The smallest absolute Gasteiger partial charge is 0.0582 e. The van der Waals surface area contributed by atoms with Crippen molar-refractivity contribution in [1.29, 1.82) is 0 Å². The Morgan fingerprint density at radius 1 is 1.29 bits per heavy atom. The molecule has 1 aromatic carbocycles. The molecule has 0 amide bonds. The second-order valence-electron chi connectivity index (χ2n) is 4.50. The molecule has 0 saturated carbocycles. The van der Waals surface area contributed by atoms with Gasteiger partial charge in [-0.25, -0.2) is 0 Å². The minimum Gasteiger partial charge on any atom is -0.314 e. The Morgan fingerprint density at radius 2 is 2.18 bits per heavy atom. The van der Waals surface area contributed by atoms with E-state index in [1.54, 1.807) is 11.5 Å². The Labute approximate surface area is 106 Å². The van der Waals surface area contributed by atoms with E-state index in [4.69, 9.17) is 0 Å². The third-order valence-corrected chi connectivity index (χ3v) is 4.26. The van der Waals surface area contributed by atoms with Gasteiger partial charge in [0, 0.05) is 44.3 Å². The molecule has 1 N–H and O–H groups in total. The molecule has 0 spiro atoms. The first-order valence-corrected chi connectivity index (χ1v) is 6.96. The van der Waals surface area contributed by atoms with Gasteiger partial charge in [-0.3, -0.25) is 0 Å². The van der Waals surface area contributed by atoms with Crippen LogP contribution in [0.3, 0.4) is 0 Å². The third kappa shape index (κ3) is 2.49. The molecule has 0 bridgehead atoms. The highest BCUT2D eigenvalue weighted by molar-refractivity contribution is 7.13. The van der Waals surface area contributed by atoms with Crippen LogP contribution in [0, 0.1) is 0 Å². The van der Waals surface area contributed by atoms with Gasteiger partial charge in [0.25, 0.3) is 0 Å². The van der Waals surface area contributed by atoms with E-state index in [1.807, 2.05) is 6.20 Å². The summed E-state index contributed by atoms with van der Waals surface area (Å²) in [6.45, 7) is 5.78. The maximum Gasteiger partial charge on any atom is 0.0582 e. The quantitative estimate of drug-likeness (QED) is 0.895. The molecule has 1 aromatic heterocycles. The van der Waals surface area contributed by atoms with Gasteiger partial charge in [0.15, 0.2) is 0 Å². The number of hydrogen-bond donors (Lipinski definition) is 1. The van der Waals surface area contributed by atoms with Crippen molar-refractivity contribution >= 4 is 21.6 Å². The molecule has 0 unspecified atom stereocenters. The van der Waals surface area contributed by atoms with Gasteiger partial charge in [-0.2, -0.15) is 4.37 Å². The van der Waals surface area contributed by atoms with Crippen LogP contribution in [0.2, 0.25) is 0 Å². The molecule has 17 heavy (non-hydrogen) atoms. The molecule has 3 nitrogen and oxygen atoms in total. The van der Waals surface area contributed by atoms with Gasteiger partial charge in [0.1, 0.15) is 0 Å². The molecular formula is C13H17N3S. The highest BCUT2D eigenvalue weighted by atomic mass is 32.1. The topological polar surface area (TPSA) is 28.2 Å². The zero-order chi connectivity index (χ0) is 11.5. The number of rotatable bonds is 3. The van der Waals surface area contributed by atoms with E-state index >= 15 is 0 Å². The second-order valence-corrected chi connectivity index (χ2v) is 5.30. The summed E-state index contributed by atoms with van der Waals surface area (Å²) in [5.74, 6) is 0. The molecule has 0 radical (unpaired) electrons. The van der Waals surface area contributed by atoms with Crippen LogP contribution in [0.1, 0.15) is 5.56 Å². The lowest BCUT2D eigenvalue weighted by Crippen LogP contribution is -2.44. The van der Waals surface area contributed by atoms with Gasteiger partial charge >= 0.3 is 0 Å². The van der Waals surface area contributed by atoms with Crippen LogP contribution in [-0.2, 0) is 6.42 Å². The molecule has 0 atom stereocenters. The summed E-state index contributed by atoms with van der Waals surface area (Å²) in [5.41, 5.74) is 1.45. The molecule has 1 fully saturated rings. The molecular weight excluding hydrogens is 230 g/mol. The van der Waals surface area contributed by atoms with E-state index < -0.39 is 0 Å². The summed E-state index contributed by atoms with van der Waals surface area (Å²) in [6.07, 6.45) is 3.11. The van der Waals surface area contributed by atoms with Crippen molar-refractivity contribution in [2.24, 2.45) is 0 Å². The molecule has 90 valence electrons. The zero-order valence-corrected chi connectivity index (χ0v) is 10.7. The van der Waals surface area contributed by atoms with E-state index in [0.29, 0.717) is 0 Å². The summed E-state index contributed by atoms with van der Waals surface area (Å²) in [6, 6.07) is 6.53. The number of benzene rings is 1. The first kappa shape index (κ1) is 11.1. The van der Waals surface area contributed by atoms with Crippen molar-refractivity contribution < 1.29 is 0 Å². The average Bonchev–Trinajstić information content (AvgIpc) is 2.86. The minimum absolute atomic E-state index is 1.13. The second kappa shape index (κ2) is 5.12. The van der Waals surface area contributed by atoms with Crippen LogP contribution in [0.5, 0.6) is 0 Å². The monoisotopic (exact) mass is 247 g/mol. The van der Waals surface area contributed by atoms with E-state index in [-0.39, 0.29) is 0 Å². The largest absolute Gasteiger partial charge is 0.314 e. The predicted molar refractivity (Wildman–Crippen MR) is 72.6 cm³/mol. The van der Waals surface area contributed by atoms with Crippen molar-refractivity contribution in [1.82, 2.24) is 14.6 Å². The molecule has 1 aliphatic heterocycles. The van der Waals surface area contributed by atoms with E-state index in [2.05, 4.69) is 32.8 Å². The highest BCUT2D eigenvalue weighted by Crippen LogP contribution is 2.22. The van der Waals surface area contributed by atoms with Crippen LogP contribution in [0.4, 0.5) is 0 Å². The predicted octanol–water partition coefficient (Wildman–Crippen LogP) is 1.74. The first-order valence-electron chi connectivity index (χ1n) is 6.19. The number of nitrogens with one attached hydrogen (secondary N) is 1. The molecule has 0 aliphatic carbocycles. The summed E-state index contributed by atoms with van der Waals surface area (Å²) in [5, 5.41) is 4.67. The normalized spacial score (nSPS) is 17.6. The summed E-state index contributed by atoms with van der Waals surface area (Å²) >= 11 is 1.62. The number of fused-ring (bicyclic) bond motifs is 1. The number of nitrogens with zero attached hydrogens (tertiary/aromatic N) is 2. The molecule has 1 saturated heterocycles. The van der Waals surface area contributed by atoms with E-state index in [1.165, 1.54) is 35.3 Å². The van der Waals surface area contributed by atoms with Crippen molar-refractivity contribution in [2.75, 3.05) is 32.7 Å². The van der Waals surface area contributed by atoms with Gasteiger partial charge in [-0.05, 0) is 23.5 Å². The number of piperazine rings is 1. The van der Waals surface area contributed by atoms with Gasteiger partial charge < -0.3 is 10.2 Å². The fraction of sp³-hybridized carbons (Fsp3) is 0.462. The Kier molecular flexibility index (Phi) is 3.36.